The predicted octanol–water partition coefficient (Wildman–Crippen LogP) is 5.28. The summed E-state index contributed by atoms with van der Waals surface area (Å²) in [6.07, 6.45) is 1.24. The van der Waals surface area contributed by atoms with Crippen molar-refractivity contribution in [2.45, 2.75) is 32.8 Å². The Bertz CT molecular complexity index is 890. The summed E-state index contributed by atoms with van der Waals surface area (Å²) in [5.74, 6) is 1.27. The van der Waals surface area contributed by atoms with E-state index >= 15 is 0 Å². The number of hydrogen-bond donors (Lipinski definition) is 1. The summed E-state index contributed by atoms with van der Waals surface area (Å²) in [6, 6.07) is 25.4. The fraction of sp³-hybridized carbons (Fsp3) is 0.240. The molecule has 0 spiro atoms. The lowest BCUT2D eigenvalue weighted by molar-refractivity contribution is -0.122. The van der Waals surface area contributed by atoms with Crippen molar-refractivity contribution >= 4 is 11.6 Å². The molecule has 0 saturated heterocycles. The molecule has 4 heteroatoms. The molecule has 3 rings (SSSR count). The maximum absolute atomic E-state index is 12.4. The Hall–Kier alpha value is -3.27. The van der Waals surface area contributed by atoms with Crippen molar-refractivity contribution < 1.29 is 14.3 Å². The number of aryl methyl sites for hydroxylation is 1. The van der Waals surface area contributed by atoms with Gasteiger partial charge in [0.15, 0.2) is 6.10 Å². The summed E-state index contributed by atoms with van der Waals surface area (Å²) >= 11 is 0. The zero-order valence-corrected chi connectivity index (χ0v) is 16.9. The molecule has 1 atom stereocenters. The fourth-order valence-electron chi connectivity index (χ4n) is 2.87. The summed E-state index contributed by atoms with van der Waals surface area (Å²) < 4.78 is 11.5. The lowest BCUT2D eigenvalue weighted by Gasteiger charge is -2.15. The van der Waals surface area contributed by atoms with Gasteiger partial charge < -0.3 is 14.8 Å². The van der Waals surface area contributed by atoms with Gasteiger partial charge in [0.2, 0.25) is 0 Å². The molecule has 1 amide bonds. The van der Waals surface area contributed by atoms with Gasteiger partial charge in [-0.15, -0.1) is 0 Å². The maximum Gasteiger partial charge on any atom is 0.265 e. The van der Waals surface area contributed by atoms with Gasteiger partial charge in [-0.2, -0.15) is 0 Å². The first-order chi connectivity index (χ1) is 14.1. The summed E-state index contributed by atoms with van der Waals surface area (Å²) in [7, 11) is 0. The molecule has 1 unspecified atom stereocenters. The van der Waals surface area contributed by atoms with Crippen molar-refractivity contribution in [3.8, 4) is 11.5 Å². The van der Waals surface area contributed by atoms with Gasteiger partial charge >= 0.3 is 0 Å². The smallest absolute Gasteiger partial charge is 0.265 e. The molecule has 0 aliphatic carbocycles. The van der Waals surface area contributed by atoms with Crippen molar-refractivity contribution in [2.75, 3.05) is 11.9 Å². The van der Waals surface area contributed by atoms with E-state index in [9.17, 15) is 4.79 Å². The highest BCUT2D eigenvalue weighted by Gasteiger charge is 2.15. The highest BCUT2D eigenvalue weighted by atomic mass is 16.5. The second-order valence-corrected chi connectivity index (χ2v) is 6.86. The number of ether oxygens (including phenoxy) is 2. The van der Waals surface area contributed by atoms with Crippen molar-refractivity contribution in [1.82, 2.24) is 0 Å². The van der Waals surface area contributed by atoms with Gasteiger partial charge in [-0.1, -0.05) is 49.4 Å². The van der Waals surface area contributed by atoms with Crippen LogP contribution in [0.4, 0.5) is 5.69 Å². The highest BCUT2D eigenvalue weighted by Crippen LogP contribution is 2.18. The summed E-state index contributed by atoms with van der Waals surface area (Å²) in [5.41, 5.74) is 3.19. The number of rotatable bonds is 9. The van der Waals surface area contributed by atoms with Crippen molar-refractivity contribution in [2.24, 2.45) is 0 Å². The number of anilines is 1. The van der Waals surface area contributed by atoms with Crippen LogP contribution < -0.4 is 14.8 Å². The van der Waals surface area contributed by atoms with Crippen LogP contribution in [0.1, 0.15) is 25.0 Å². The van der Waals surface area contributed by atoms with Gasteiger partial charge in [0, 0.05) is 12.1 Å². The molecule has 150 valence electrons. The van der Waals surface area contributed by atoms with Crippen LogP contribution in [0.5, 0.6) is 11.5 Å². The zero-order chi connectivity index (χ0) is 20.5. The van der Waals surface area contributed by atoms with Gasteiger partial charge in [-0.3, -0.25) is 4.79 Å². The average molecular weight is 389 g/mol. The molecule has 3 aromatic rings. The van der Waals surface area contributed by atoms with Crippen LogP contribution in [0.2, 0.25) is 0 Å². The van der Waals surface area contributed by atoms with Crippen LogP contribution in [0.25, 0.3) is 0 Å². The average Bonchev–Trinajstić information content (AvgIpc) is 2.76. The van der Waals surface area contributed by atoms with E-state index in [2.05, 4.69) is 24.4 Å². The van der Waals surface area contributed by atoms with Crippen LogP contribution >= 0.6 is 0 Å². The molecule has 0 saturated carbocycles. The van der Waals surface area contributed by atoms with Crippen molar-refractivity contribution in [1.29, 1.82) is 0 Å². The first kappa shape index (κ1) is 20.5. The second-order valence-electron chi connectivity index (χ2n) is 6.86. The molecule has 0 fully saturated rings. The van der Waals surface area contributed by atoms with E-state index in [1.165, 1.54) is 11.1 Å². The summed E-state index contributed by atoms with van der Waals surface area (Å²) in [5, 5.41) is 2.87. The molecule has 0 aromatic heterocycles. The summed E-state index contributed by atoms with van der Waals surface area (Å²) in [6.45, 7) is 4.45. The summed E-state index contributed by atoms with van der Waals surface area (Å²) in [4.78, 5) is 12.4. The zero-order valence-electron chi connectivity index (χ0n) is 16.9. The highest BCUT2D eigenvalue weighted by molar-refractivity contribution is 5.94. The van der Waals surface area contributed by atoms with E-state index in [-0.39, 0.29) is 5.91 Å². The Morgan fingerprint density at radius 2 is 1.52 bits per heavy atom. The largest absolute Gasteiger partial charge is 0.493 e. The van der Waals surface area contributed by atoms with Crippen LogP contribution in [0.3, 0.4) is 0 Å². The van der Waals surface area contributed by atoms with E-state index in [4.69, 9.17) is 9.47 Å². The molecular weight excluding hydrogens is 362 g/mol. The van der Waals surface area contributed by atoms with Crippen LogP contribution in [0.15, 0.2) is 78.9 Å². The van der Waals surface area contributed by atoms with Gasteiger partial charge in [0.05, 0.1) is 6.61 Å². The fourth-order valence-corrected chi connectivity index (χ4v) is 2.87. The molecule has 29 heavy (non-hydrogen) atoms. The number of carbonyl (C=O) groups is 1. The standard InChI is InChI=1S/C25H27NO3/c1-3-20-9-13-24(14-10-20)29-19(2)25(27)26-22-11-15-23(16-12-22)28-18-17-21-7-5-4-6-8-21/h4-16,19H,3,17-18H2,1-2H3,(H,26,27). The lowest BCUT2D eigenvalue weighted by Crippen LogP contribution is -2.30. The normalized spacial score (nSPS) is 11.5. The SMILES string of the molecule is CCc1ccc(OC(C)C(=O)Nc2ccc(OCCc3ccccc3)cc2)cc1. The molecule has 0 aliphatic heterocycles. The molecule has 0 bridgehead atoms. The number of carbonyl (C=O) groups excluding carboxylic acids is 1. The van der Waals surface area contributed by atoms with Crippen LogP contribution in [0, 0.1) is 0 Å². The lowest BCUT2D eigenvalue weighted by atomic mass is 10.2. The molecule has 1 N–H and O–H groups in total. The van der Waals surface area contributed by atoms with Gasteiger partial charge in [-0.25, -0.2) is 0 Å². The molecule has 4 nitrogen and oxygen atoms in total. The van der Waals surface area contributed by atoms with E-state index in [1.54, 1.807) is 6.92 Å². The third-order valence-corrected chi connectivity index (χ3v) is 4.64. The van der Waals surface area contributed by atoms with E-state index in [0.717, 1.165) is 18.6 Å². The molecular formula is C25H27NO3. The molecule has 3 aromatic carbocycles. The van der Waals surface area contributed by atoms with Crippen LogP contribution in [-0.4, -0.2) is 18.6 Å². The van der Waals surface area contributed by atoms with Gasteiger partial charge in [-0.05, 0) is 60.9 Å². The molecule has 0 heterocycles. The van der Waals surface area contributed by atoms with E-state index < -0.39 is 6.10 Å². The van der Waals surface area contributed by atoms with Crippen molar-refractivity contribution in [3.63, 3.8) is 0 Å². The number of benzene rings is 3. The van der Waals surface area contributed by atoms with Crippen LogP contribution in [-0.2, 0) is 17.6 Å². The minimum atomic E-state index is -0.593. The van der Waals surface area contributed by atoms with E-state index in [0.29, 0.717) is 18.0 Å². The Labute approximate surface area is 172 Å². The molecule has 0 radical (unpaired) electrons. The number of hydrogen-bond acceptors (Lipinski definition) is 3. The number of amides is 1. The van der Waals surface area contributed by atoms with Gasteiger partial charge in [0.1, 0.15) is 11.5 Å². The maximum atomic E-state index is 12.4. The molecule has 0 aliphatic rings. The topological polar surface area (TPSA) is 47.6 Å². The Morgan fingerprint density at radius 1 is 0.862 bits per heavy atom. The first-order valence-electron chi connectivity index (χ1n) is 9.97. The first-order valence-corrected chi connectivity index (χ1v) is 9.97. The second kappa shape index (κ2) is 10.3. The quantitative estimate of drug-likeness (QED) is 0.542. The van der Waals surface area contributed by atoms with E-state index in [1.807, 2.05) is 66.7 Å². The predicted molar refractivity (Wildman–Crippen MR) is 117 cm³/mol. The monoisotopic (exact) mass is 389 g/mol. The number of nitrogens with one attached hydrogen (secondary N) is 1. The third kappa shape index (κ3) is 6.39. The third-order valence-electron chi connectivity index (χ3n) is 4.64. The minimum absolute atomic E-state index is 0.192. The Balaban J connectivity index is 1.45. The Kier molecular flexibility index (Phi) is 7.28. The van der Waals surface area contributed by atoms with Gasteiger partial charge in [0.25, 0.3) is 5.91 Å². The Morgan fingerprint density at radius 3 is 2.17 bits per heavy atom. The minimum Gasteiger partial charge on any atom is -0.493 e. The van der Waals surface area contributed by atoms with Crippen molar-refractivity contribution in [3.05, 3.63) is 90.0 Å².